The number of piperazine rings is 1. The van der Waals surface area contributed by atoms with E-state index in [1.54, 1.807) is 46.6 Å². The van der Waals surface area contributed by atoms with Gasteiger partial charge in [-0.25, -0.2) is 4.39 Å². The highest BCUT2D eigenvalue weighted by Crippen LogP contribution is 2.38. The molecule has 9 heteroatoms. The Labute approximate surface area is 230 Å². The molecule has 3 aromatic rings. The second kappa shape index (κ2) is 11.1. The number of benzene rings is 2. The summed E-state index contributed by atoms with van der Waals surface area (Å²) in [7, 11) is 0. The summed E-state index contributed by atoms with van der Waals surface area (Å²) in [5, 5.41) is 2.89. The van der Waals surface area contributed by atoms with Gasteiger partial charge in [-0.3, -0.25) is 14.5 Å². The third-order valence-electron chi connectivity index (χ3n) is 7.25. The van der Waals surface area contributed by atoms with E-state index in [4.69, 9.17) is 23.2 Å². The minimum atomic E-state index is -0.253. The summed E-state index contributed by atoms with van der Waals surface area (Å²) in [4.78, 5) is 33.5. The fourth-order valence-corrected chi connectivity index (χ4v) is 6.77. The molecule has 0 saturated carbocycles. The second-order valence-corrected chi connectivity index (χ2v) is 11.4. The lowest BCUT2D eigenvalue weighted by Gasteiger charge is -2.41. The van der Waals surface area contributed by atoms with Crippen LogP contribution in [0.5, 0.6) is 0 Å². The van der Waals surface area contributed by atoms with Crippen molar-refractivity contribution in [3.05, 3.63) is 91.3 Å². The molecule has 194 valence electrons. The molecule has 37 heavy (non-hydrogen) atoms. The molecule has 5 rings (SSSR count). The molecule has 2 unspecified atom stereocenters. The van der Waals surface area contributed by atoms with Crippen molar-refractivity contribution in [3.63, 3.8) is 0 Å². The number of thiophene rings is 1. The van der Waals surface area contributed by atoms with Gasteiger partial charge in [-0.15, -0.1) is 11.3 Å². The van der Waals surface area contributed by atoms with Crippen LogP contribution in [-0.4, -0.2) is 65.3 Å². The van der Waals surface area contributed by atoms with Crippen LogP contribution < -0.4 is 0 Å². The van der Waals surface area contributed by atoms with Crippen molar-refractivity contribution < 1.29 is 14.0 Å². The Kier molecular flexibility index (Phi) is 7.86. The zero-order valence-corrected chi connectivity index (χ0v) is 22.8. The van der Waals surface area contributed by atoms with Crippen LogP contribution >= 0.6 is 34.5 Å². The summed E-state index contributed by atoms with van der Waals surface area (Å²) < 4.78 is 14.1. The largest absolute Gasteiger partial charge is 0.339 e. The summed E-state index contributed by atoms with van der Waals surface area (Å²) >= 11 is 14.0. The van der Waals surface area contributed by atoms with Crippen LogP contribution in [0.3, 0.4) is 0 Å². The van der Waals surface area contributed by atoms with Crippen molar-refractivity contribution in [2.75, 3.05) is 32.7 Å². The van der Waals surface area contributed by atoms with Crippen LogP contribution in [0.4, 0.5) is 4.39 Å². The molecule has 2 aromatic carbocycles. The van der Waals surface area contributed by atoms with Crippen molar-refractivity contribution in [2.45, 2.75) is 31.8 Å². The van der Waals surface area contributed by atoms with Gasteiger partial charge in [-0.1, -0.05) is 35.3 Å². The van der Waals surface area contributed by atoms with E-state index < -0.39 is 0 Å². The monoisotopic (exact) mass is 559 g/mol. The van der Waals surface area contributed by atoms with Crippen LogP contribution in [0.15, 0.2) is 53.9 Å². The molecule has 1 fully saturated rings. The average molecular weight is 561 g/mol. The zero-order valence-electron chi connectivity index (χ0n) is 20.5. The van der Waals surface area contributed by atoms with Gasteiger partial charge >= 0.3 is 0 Å². The Morgan fingerprint density at radius 1 is 1.08 bits per heavy atom. The standard InChI is InChI=1S/C28H28Cl2FN3O2S/c1-18-17-33(12-13-34(18)28(36)22-6-5-20(29)16-24(22)30)26(35)8-11-32-10-7-25-23(9-14-37-25)27(32)19-3-2-4-21(31)15-19/h2-6,9,14-16,18,27H,7-8,10-13,17H2,1H3. The molecule has 2 amide bonds. The zero-order chi connectivity index (χ0) is 26.1. The maximum atomic E-state index is 14.1. The lowest BCUT2D eigenvalue weighted by Crippen LogP contribution is -2.55. The van der Waals surface area contributed by atoms with Gasteiger partial charge in [0.1, 0.15) is 5.82 Å². The lowest BCUT2D eigenvalue weighted by atomic mass is 9.93. The molecule has 3 heterocycles. The summed E-state index contributed by atoms with van der Waals surface area (Å²) in [5.41, 5.74) is 2.53. The van der Waals surface area contributed by atoms with Gasteiger partial charge in [0.25, 0.3) is 5.91 Å². The molecule has 2 aliphatic heterocycles. The van der Waals surface area contributed by atoms with Crippen molar-refractivity contribution >= 4 is 46.4 Å². The molecular weight excluding hydrogens is 532 g/mol. The number of hydrogen-bond acceptors (Lipinski definition) is 4. The Hall–Kier alpha value is -2.45. The smallest absolute Gasteiger partial charge is 0.255 e. The van der Waals surface area contributed by atoms with E-state index in [0.717, 1.165) is 18.5 Å². The molecule has 0 aliphatic carbocycles. The van der Waals surface area contributed by atoms with E-state index in [-0.39, 0.29) is 29.7 Å². The number of fused-ring (bicyclic) bond motifs is 1. The average Bonchev–Trinajstić information content (AvgIpc) is 3.35. The van der Waals surface area contributed by atoms with Crippen LogP contribution in [-0.2, 0) is 11.2 Å². The number of nitrogens with zero attached hydrogens (tertiary/aromatic N) is 3. The summed E-state index contributed by atoms with van der Waals surface area (Å²) in [5.74, 6) is -0.339. The normalized spacial score (nSPS) is 20.1. The number of halogens is 3. The first kappa shape index (κ1) is 26.2. The van der Waals surface area contributed by atoms with E-state index in [0.29, 0.717) is 48.2 Å². The number of rotatable bonds is 5. The second-order valence-electron chi connectivity index (χ2n) is 9.60. The first-order valence-electron chi connectivity index (χ1n) is 12.4. The maximum absolute atomic E-state index is 14.1. The predicted molar refractivity (Wildman–Crippen MR) is 146 cm³/mol. The van der Waals surface area contributed by atoms with Gasteiger partial charge in [0, 0.05) is 55.1 Å². The van der Waals surface area contributed by atoms with Crippen molar-refractivity contribution in [1.29, 1.82) is 0 Å². The Morgan fingerprint density at radius 2 is 1.92 bits per heavy atom. The lowest BCUT2D eigenvalue weighted by molar-refractivity contribution is -0.134. The molecule has 2 aliphatic rings. The molecule has 1 aromatic heterocycles. The van der Waals surface area contributed by atoms with E-state index in [9.17, 15) is 14.0 Å². The minimum Gasteiger partial charge on any atom is -0.339 e. The SMILES string of the molecule is CC1CN(C(=O)CCN2CCc3sccc3C2c2cccc(F)c2)CCN1C(=O)c1ccc(Cl)cc1Cl. The van der Waals surface area contributed by atoms with Gasteiger partial charge < -0.3 is 9.80 Å². The highest BCUT2D eigenvalue weighted by Gasteiger charge is 2.33. The van der Waals surface area contributed by atoms with E-state index >= 15 is 0 Å². The highest BCUT2D eigenvalue weighted by atomic mass is 35.5. The van der Waals surface area contributed by atoms with E-state index in [1.165, 1.54) is 16.5 Å². The summed E-state index contributed by atoms with van der Waals surface area (Å²) in [6.07, 6.45) is 1.30. The summed E-state index contributed by atoms with van der Waals surface area (Å²) in [6, 6.07) is 13.5. The quantitative estimate of drug-likeness (QED) is 0.390. The van der Waals surface area contributed by atoms with Gasteiger partial charge in [-0.05, 0) is 66.2 Å². The Morgan fingerprint density at radius 3 is 2.68 bits per heavy atom. The number of carbonyl (C=O) groups excluding carboxylic acids is 2. The number of amides is 2. The van der Waals surface area contributed by atoms with Crippen molar-refractivity contribution in [1.82, 2.24) is 14.7 Å². The maximum Gasteiger partial charge on any atom is 0.255 e. The Balaban J connectivity index is 1.22. The fraction of sp³-hybridized carbons (Fsp3) is 0.357. The topological polar surface area (TPSA) is 43.9 Å². The first-order chi connectivity index (χ1) is 17.8. The molecule has 0 spiro atoms. The Bertz CT molecular complexity index is 1320. The van der Waals surface area contributed by atoms with Gasteiger partial charge in [0.05, 0.1) is 16.6 Å². The van der Waals surface area contributed by atoms with Crippen molar-refractivity contribution in [2.24, 2.45) is 0 Å². The van der Waals surface area contributed by atoms with Crippen LogP contribution in [0, 0.1) is 5.82 Å². The van der Waals surface area contributed by atoms with E-state index in [1.807, 2.05) is 17.9 Å². The number of carbonyl (C=O) groups is 2. The van der Waals surface area contributed by atoms with Gasteiger partial charge in [0.2, 0.25) is 5.91 Å². The molecule has 1 saturated heterocycles. The van der Waals surface area contributed by atoms with Gasteiger partial charge in [-0.2, -0.15) is 0 Å². The molecular formula is C28H28Cl2FN3O2S. The number of hydrogen-bond donors (Lipinski definition) is 0. The third-order valence-corrected chi connectivity index (χ3v) is 8.79. The third kappa shape index (κ3) is 5.55. The molecule has 5 nitrogen and oxygen atoms in total. The fourth-order valence-electron chi connectivity index (χ4n) is 5.38. The summed E-state index contributed by atoms with van der Waals surface area (Å²) in [6.45, 7) is 4.74. The van der Waals surface area contributed by atoms with Crippen LogP contribution in [0.2, 0.25) is 10.0 Å². The van der Waals surface area contributed by atoms with Crippen LogP contribution in [0.25, 0.3) is 0 Å². The van der Waals surface area contributed by atoms with Crippen LogP contribution in [0.1, 0.15) is 45.7 Å². The molecule has 0 bridgehead atoms. The first-order valence-corrected chi connectivity index (χ1v) is 14.0. The predicted octanol–water partition coefficient (Wildman–Crippen LogP) is 5.90. The molecule has 0 radical (unpaired) electrons. The van der Waals surface area contributed by atoms with E-state index in [2.05, 4.69) is 16.3 Å². The minimum absolute atomic E-state index is 0.0592. The van der Waals surface area contributed by atoms with Gasteiger partial charge in [0.15, 0.2) is 0 Å². The van der Waals surface area contributed by atoms with Crippen molar-refractivity contribution in [3.8, 4) is 0 Å². The highest BCUT2D eigenvalue weighted by molar-refractivity contribution is 7.10. The molecule has 2 atom stereocenters. The molecule has 0 N–H and O–H groups in total.